The number of β-amino-alcohol motifs (C(OH)–C–C–N with tert-alkyl or cyclic N) is 1. The van der Waals surface area contributed by atoms with E-state index in [1.807, 2.05) is 17.2 Å². The topological polar surface area (TPSA) is 23.5 Å². The van der Waals surface area contributed by atoms with E-state index in [0.29, 0.717) is 0 Å². The summed E-state index contributed by atoms with van der Waals surface area (Å²) in [6.45, 7) is 0.993. The van der Waals surface area contributed by atoms with E-state index in [1.165, 1.54) is 0 Å². The molecule has 1 heterocycles. The van der Waals surface area contributed by atoms with Crippen molar-refractivity contribution in [2.75, 3.05) is 13.1 Å². The molecule has 68 valence electrons. The minimum atomic E-state index is -1.95. The minimum absolute atomic E-state index is 0.105. The van der Waals surface area contributed by atoms with E-state index in [0.717, 1.165) is 25.8 Å². The lowest BCUT2D eigenvalue weighted by atomic mass is 10.2. The van der Waals surface area contributed by atoms with E-state index in [2.05, 4.69) is 0 Å². The summed E-state index contributed by atoms with van der Waals surface area (Å²) in [6.07, 6.45) is 6.52. The van der Waals surface area contributed by atoms with Gasteiger partial charge in [-0.15, -0.1) is 0 Å². The molecule has 1 aliphatic carbocycles. The predicted octanol–water partition coefficient (Wildman–Crippen LogP) is 1.27. The fraction of sp³-hybridized carbons (Fsp3) is 0.778. The number of rotatable bonds is 3. The number of hydrogen-bond acceptors (Lipinski definition) is 2. The second-order valence-corrected chi connectivity index (χ2v) is 3.74. The molecule has 1 atom stereocenters. The second-order valence-electron chi connectivity index (χ2n) is 3.74. The van der Waals surface area contributed by atoms with E-state index in [9.17, 15) is 9.50 Å². The van der Waals surface area contributed by atoms with Crippen LogP contribution >= 0.6 is 0 Å². The quantitative estimate of drug-likeness (QED) is 0.691. The Morgan fingerprint density at radius 1 is 1.58 bits per heavy atom. The zero-order chi connectivity index (χ0) is 8.60. The van der Waals surface area contributed by atoms with Gasteiger partial charge >= 0.3 is 0 Å². The van der Waals surface area contributed by atoms with Crippen molar-refractivity contribution in [1.29, 1.82) is 0 Å². The maximum Gasteiger partial charge on any atom is 0.227 e. The van der Waals surface area contributed by atoms with Crippen molar-refractivity contribution in [3.05, 3.63) is 12.3 Å². The van der Waals surface area contributed by atoms with Gasteiger partial charge in [-0.3, -0.25) is 0 Å². The molecule has 0 bridgehead atoms. The van der Waals surface area contributed by atoms with Crippen molar-refractivity contribution < 1.29 is 9.50 Å². The number of nitrogens with zero attached hydrogens (tertiary/aromatic N) is 1. The van der Waals surface area contributed by atoms with E-state index in [4.69, 9.17) is 0 Å². The number of hydrogen-bond donors (Lipinski definition) is 1. The summed E-state index contributed by atoms with van der Waals surface area (Å²) in [4.78, 5) is 1.85. The summed E-state index contributed by atoms with van der Waals surface area (Å²) in [5, 5.41) is 9.37. The molecular weight excluding hydrogens is 157 g/mol. The standard InChI is InChI=1S/C9H14FNO/c10-9(12,8-3-4-8)7-11-5-1-2-6-11/h1,5,8,12H,2-4,6-7H2. The highest BCUT2D eigenvalue weighted by molar-refractivity contribution is 4.96. The molecule has 0 aromatic rings. The zero-order valence-corrected chi connectivity index (χ0v) is 7.04. The first-order valence-corrected chi connectivity index (χ1v) is 4.50. The molecule has 0 aromatic heterocycles. The Morgan fingerprint density at radius 3 is 2.83 bits per heavy atom. The first kappa shape index (κ1) is 8.05. The van der Waals surface area contributed by atoms with Crippen LogP contribution in [-0.2, 0) is 0 Å². The molecule has 2 rings (SSSR count). The molecule has 1 unspecified atom stereocenters. The third kappa shape index (κ3) is 1.61. The number of halogens is 1. The Balaban J connectivity index is 1.87. The minimum Gasteiger partial charge on any atom is -0.372 e. The van der Waals surface area contributed by atoms with Gasteiger partial charge in [-0.25, -0.2) is 4.39 Å². The van der Waals surface area contributed by atoms with Gasteiger partial charge in [0.15, 0.2) is 0 Å². The maximum atomic E-state index is 13.4. The van der Waals surface area contributed by atoms with Gasteiger partial charge in [0, 0.05) is 12.5 Å². The smallest absolute Gasteiger partial charge is 0.227 e. The average Bonchev–Trinajstić information content (AvgIpc) is 2.74. The molecule has 2 nitrogen and oxygen atoms in total. The van der Waals surface area contributed by atoms with Crippen LogP contribution in [0, 0.1) is 5.92 Å². The molecule has 1 N–H and O–H groups in total. The predicted molar refractivity (Wildman–Crippen MR) is 44.1 cm³/mol. The fourth-order valence-electron chi connectivity index (χ4n) is 1.61. The lowest BCUT2D eigenvalue weighted by molar-refractivity contribution is -0.119. The van der Waals surface area contributed by atoms with Crippen molar-refractivity contribution >= 4 is 0 Å². The summed E-state index contributed by atoms with van der Waals surface area (Å²) in [5.74, 6) is -2.05. The Morgan fingerprint density at radius 2 is 2.33 bits per heavy atom. The van der Waals surface area contributed by atoms with Gasteiger partial charge in [0.25, 0.3) is 0 Å². The van der Waals surface area contributed by atoms with Crippen molar-refractivity contribution in [2.45, 2.75) is 25.1 Å². The Labute approximate surface area is 71.7 Å². The van der Waals surface area contributed by atoms with E-state index >= 15 is 0 Å². The molecule has 1 saturated carbocycles. The summed E-state index contributed by atoms with van der Waals surface area (Å²) in [7, 11) is 0. The number of aliphatic hydroxyl groups is 1. The summed E-state index contributed by atoms with van der Waals surface area (Å²) < 4.78 is 13.4. The van der Waals surface area contributed by atoms with Gasteiger partial charge in [-0.2, -0.15) is 0 Å². The van der Waals surface area contributed by atoms with Crippen molar-refractivity contribution in [3.63, 3.8) is 0 Å². The summed E-state index contributed by atoms with van der Waals surface area (Å²) >= 11 is 0. The molecule has 0 amide bonds. The van der Waals surface area contributed by atoms with Gasteiger partial charge in [0.2, 0.25) is 5.85 Å². The van der Waals surface area contributed by atoms with Gasteiger partial charge in [0.05, 0.1) is 6.54 Å². The van der Waals surface area contributed by atoms with Gasteiger partial charge in [0.1, 0.15) is 0 Å². The van der Waals surface area contributed by atoms with Crippen LogP contribution < -0.4 is 0 Å². The van der Waals surface area contributed by atoms with Crippen LogP contribution in [0.25, 0.3) is 0 Å². The van der Waals surface area contributed by atoms with Crippen LogP contribution in [-0.4, -0.2) is 29.0 Å². The maximum absolute atomic E-state index is 13.4. The highest BCUT2D eigenvalue weighted by atomic mass is 19.2. The SMILES string of the molecule is OC(F)(CN1C=CCC1)C1CC1. The van der Waals surface area contributed by atoms with E-state index in [-0.39, 0.29) is 12.5 Å². The van der Waals surface area contributed by atoms with Gasteiger partial charge in [-0.1, -0.05) is 6.08 Å². The first-order valence-electron chi connectivity index (χ1n) is 4.50. The molecule has 0 radical (unpaired) electrons. The zero-order valence-electron chi connectivity index (χ0n) is 7.04. The van der Waals surface area contributed by atoms with Crippen molar-refractivity contribution in [2.24, 2.45) is 5.92 Å². The van der Waals surface area contributed by atoms with Gasteiger partial charge in [-0.05, 0) is 25.5 Å². The Hall–Kier alpha value is -0.570. The van der Waals surface area contributed by atoms with E-state index < -0.39 is 5.85 Å². The monoisotopic (exact) mass is 171 g/mol. The lowest BCUT2D eigenvalue weighted by Crippen LogP contribution is -2.38. The van der Waals surface area contributed by atoms with Crippen LogP contribution in [0.3, 0.4) is 0 Å². The molecule has 3 heteroatoms. The summed E-state index contributed by atoms with van der Waals surface area (Å²) in [6, 6.07) is 0. The highest BCUT2D eigenvalue weighted by Gasteiger charge is 2.45. The average molecular weight is 171 g/mol. The Bertz CT molecular complexity index is 199. The Kier molecular flexibility index (Phi) is 1.83. The summed E-state index contributed by atoms with van der Waals surface area (Å²) in [5.41, 5.74) is 0. The molecule has 2 aliphatic rings. The van der Waals surface area contributed by atoms with Crippen LogP contribution in [0.15, 0.2) is 12.3 Å². The highest BCUT2D eigenvalue weighted by Crippen LogP contribution is 2.41. The lowest BCUT2D eigenvalue weighted by Gasteiger charge is -2.25. The van der Waals surface area contributed by atoms with Crippen LogP contribution in [0.2, 0.25) is 0 Å². The third-order valence-corrected chi connectivity index (χ3v) is 2.53. The normalized spacial score (nSPS) is 27.7. The van der Waals surface area contributed by atoms with Crippen LogP contribution in [0.4, 0.5) is 4.39 Å². The largest absolute Gasteiger partial charge is 0.372 e. The molecule has 1 fully saturated rings. The molecule has 12 heavy (non-hydrogen) atoms. The molecule has 0 aromatic carbocycles. The van der Waals surface area contributed by atoms with Crippen molar-refractivity contribution in [1.82, 2.24) is 4.90 Å². The molecule has 1 aliphatic heterocycles. The fourth-order valence-corrected chi connectivity index (χ4v) is 1.61. The van der Waals surface area contributed by atoms with Crippen LogP contribution in [0.1, 0.15) is 19.3 Å². The molecule has 0 saturated heterocycles. The number of alkyl halides is 1. The molecule has 0 spiro atoms. The molecular formula is C9H14FNO. The van der Waals surface area contributed by atoms with Crippen LogP contribution in [0.5, 0.6) is 0 Å². The van der Waals surface area contributed by atoms with E-state index in [1.54, 1.807) is 0 Å². The third-order valence-electron chi connectivity index (χ3n) is 2.53. The first-order chi connectivity index (χ1) is 5.68. The second kappa shape index (κ2) is 2.73. The van der Waals surface area contributed by atoms with Crippen molar-refractivity contribution in [3.8, 4) is 0 Å². The van der Waals surface area contributed by atoms with Gasteiger partial charge < -0.3 is 10.0 Å².